The third kappa shape index (κ3) is 2.40. The van der Waals surface area contributed by atoms with Crippen LogP contribution in [0.3, 0.4) is 0 Å². The van der Waals surface area contributed by atoms with Gasteiger partial charge >= 0.3 is 5.97 Å². The van der Waals surface area contributed by atoms with Gasteiger partial charge in [-0.3, -0.25) is 4.79 Å². The van der Waals surface area contributed by atoms with Crippen molar-refractivity contribution in [3.8, 4) is 0 Å². The minimum atomic E-state index is 0.00806. The highest BCUT2D eigenvalue weighted by Gasteiger charge is 2.40. The topological polar surface area (TPSA) is 29.5 Å². The molecule has 84 valence electrons. The lowest BCUT2D eigenvalue weighted by Gasteiger charge is -2.17. The first-order valence-electron chi connectivity index (χ1n) is 5.66. The predicted molar refractivity (Wildman–Crippen MR) is 58.4 cm³/mol. The second-order valence-electron chi connectivity index (χ2n) is 4.86. The third-order valence-corrected chi connectivity index (χ3v) is 3.36. The van der Waals surface area contributed by atoms with Crippen molar-refractivity contribution in [2.45, 2.75) is 12.8 Å². The van der Waals surface area contributed by atoms with Crippen molar-refractivity contribution in [2.75, 3.05) is 27.2 Å². The van der Waals surface area contributed by atoms with Crippen LogP contribution in [0.15, 0.2) is 12.2 Å². The molecule has 0 radical (unpaired) electrons. The molecule has 2 bridgehead atoms. The van der Waals surface area contributed by atoms with E-state index in [1.54, 1.807) is 0 Å². The van der Waals surface area contributed by atoms with E-state index < -0.39 is 0 Å². The zero-order valence-corrected chi connectivity index (χ0v) is 9.48. The number of allylic oxidation sites excluding steroid dienone is 2. The number of ether oxygens (including phenoxy) is 1. The van der Waals surface area contributed by atoms with Gasteiger partial charge in [0, 0.05) is 6.54 Å². The average Bonchev–Trinajstić information content (AvgIpc) is 2.77. The highest BCUT2D eigenvalue weighted by molar-refractivity contribution is 5.74. The fraction of sp³-hybridized carbons (Fsp3) is 0.750. The third-order valence-electron chi connectivity index (χ3n) is 3.36. The van der Waals surface area contributed by atoms with Crippen molar-refractivity contribution in [2.24, 2.45) is 17.8 Å². The van der Waals surface area contributed by atoms with Gasteiger partial charge in [-0.05, 0) is 38.8 Å². The van der Waals surface area contributed by atoms with Crippen LogP contribution in [0, 0.1) is 17.8 Å². The van der Waals surface area contributed by atoms with E-state index in [0.717, 1.165) is 19.4 Å². The predicted octanol–water partition coefficient (Wildman–Crippen LogP) is 1.30. The Balaban J connectivity index is 1.75. The number of hydrogen-bond acceptors (Lipinski definition) is 3. The molecule has 3 nitrogen and oxygen atoms in total. The monoisotopic (exact) mass is 209 g/mol. The second kappa shape index (κ2) is 4.35. The molecule has 2 aliphatic carbocycles. The Morgan fingerprint density at radius 3 is 2.73 bits per heavy atom. The van der Waals surface area contributed by atoms with Crippen molar-refractivity contribution in [3.05, 3.63) is 12.2 Å². The summed E-state index contributed by atoms with van der Waals surface area (Å²) in [4.78, 5) is 13.8. The van der Waals surface area contributed by atoms with Crippen molar-refractivity contribution < 1.29 is 9.53 Å². The fourth-order valence-electron chi connectivity index (χ4n) is 2.49. The van der Waals surface area contributed by atoms with Crippen LogP contribution in [0.2, 0.25) is 0 Å². The molecule has 0 aliphatic heterocycles. The van der Waals surface area contributed by atoms with Crippen LogP contribution in [0.25, 0.3) is 0 Å². The number of carbonyl (C=O) groups is 1. The van der Waals surface area contributed by atoms with Crippen LogP contribution in [0.1, 0.15) is 12.8 Å². The summed E-state index contributed by atoms with van der Waals surface area (Å²) >= 11 is 0. The number of fused-ring (bicyclic) bond motifs is 2. The molecule has 0 aromatic heterocycles. The van der Waals surface area contributed by atoms with Gasteiger partial charge in [0.25, 0.3) is 0 Å². The van der Waals surface area contributed by atoms with Crippen LogP contribution < -0.4 is 0 Å². The van der Waals surface area contributed by atoms with Crippen LogP contribution in [-0.4, -0.2) is 38.1 Å². The maximum absolute atomic E-state index is 11.7. The van der Waals surface area contributed by atoms with Crippen LogP contribution >= 0.6 is 0 Å². The van der Waals surface area contributed by atoms with E-state index in [9.17, 15) is 4.79 Å². The summed E-state index contributed by atoms with van der Waals surface area (Å²) in [6, 6.07) is 0. The number of nitrogens with zero attached hydrogens (tertiary/aromatic N) is 1. The summed E-state index contributed by atoms with van der Waals surface area (Å²) in [5.74, 6) is 1.25. The van der Waals surface area contributed by atoms with Crippen LogP contribution in [-0.2, 0) is 9.53 Å². The first kappa shape index (κ1) is 10.7. The van der Waals surface area contributed by atoms with Gasteiger partial charge in [0.2, 0.25) is 0 Å². The standard InChI is InChI=1S/C12H19NO2/c1-13(2)5-6-15-12(14)11-8-9-3-4-10(11)7-9/h3-4,9-11H,5-8H2,1-2H3/t9-,10+,11-/m1/s1. The summed E-state index contributed by atoms with van der Waals surface area (Å²) in [6.45, 7) is 1.33. The first-order chi connectivity index (χ1) is 7.16. The lowest BCUT2D eigenvalue weighted by molar-refractivity contribution is -0.149. The molecule has 0 heterocycles. The molecule has 0 aromatic carbocycles. The molecule has 1 saturated carbocycles. The van der Waals surface area contributed by atoms with Gasteiger partial charge in [0.1, 0.15) is 6.61 Å². The Labute approximate surface area is 91.1 Å². The Bertz CT molecular complexity index is 273. The highest BCUT2D eigenvalue weighted by Crippen LogP contribution is 2.43. The number of rotatable bonds is 4. The summed E-state index contributed by atoms with van der Waals surface area (Å²) in [5.41, 5.74) is 0. The van der Waals surface area contributed by atoms with E-state index in [1.165, 1.54) is 0 Å². The average molecular weight is 209 g/mol. The van der Waals surface area contributed by atoms with Crippen molar-refractivity contribution in [1.29, 1.82) is 0 Å². The van der Waals surface area contributed by atoms with Crippen molar-refractivity contribution in [3.63, 3.8) is 0 Å². The molecule has 2 rings (SSSR count). The van der Waals surface area contributed by atoms with Gasteiger partial charge in [-0.2, -0.15) is 0 Å². The quantitative estimate of drug-likeness (QED) is 0.516. The van der Waals surface area contributed by atoms with Gasteiger partial charge < -0.3 is 9.64 Å². The Morgan fingerprint density at radius 1 is 1.40 bits per heavy atom. The van der Waals surface area contributed by atoms with Gasteiger partial charge in [-0.25, -0.2) is 0 Å². The van der Waals surface area contributed by atoms with E-state index in [-0.39, 0.29) is 11.9 Å². The molecule has 15 heavy (non-hydrogen) atoms. The molecule has 0 unspecified atom stereocenters. The molecule has 0 aromatic rings. The van der Waals surface area contributed by atoms with E-state index in [4.69, 9.17) is 4.74 Å². The zero-order valence-electron chi connectivity index (χ0n) is 9.48. The molecular formula is C12H19NO2. The van der Waals surface area contributed by atoms with Gasteiger partial charge in [0.05, 0.1) is 5.92 Å². The molecule has 2 aliphatic rings. The van der Waals surface area contributed by atoms with Crippen molar-refractivity contribution >= 4 is 5.97 Å². The van der Waals surface area contributed by atoms with Crippen molar-refractivity contribution in [1.82, 2.24) is 4.90 Å². The largest absolute Gasteiger partial charge is 0.464 e. The molecule has 0 saturated heterocycles. The minimum absolute atomic E-state index is 0.00806. The highest BCUT2D eigenvalue weighted by atomic mass is 16.5. The van der Waals surface area contributed by atoms with Gasteiger partial charge in [-0.1, -0.05) is 12.2 Å². The molecule has 1 fully saturated rings. The lowest BCUT2D eigenvalue weighted by Crippen LogP contribution is -2.25. The van der Waals surface area contributed by atoms with Gasteiger partial charge in [-0.15, -0.1) is 0 Å². The molecule has 0 N–H and O–H groups in total. The van der Waals surface area contributed by atoms with Gasteiger partial charge in [0.15, 0.2) is 0 Å². The maximum Gasteiger partial charge on any atom is 0.309 e. The molecule has 0 spiro atoms. The van der Waals surface area contributed by atoms with E-state index in [2.05, 4.69) is 12.2 Å². The Morgan fingerprint density at radius 2 is 2.20 bits per heavy atom. The minimum Gasteiger partial charge on any atom is -0.464 e. The first-order valence-corrected chi connectivity index (χ1v) is 5.66. The van der Waals surface area contributed by atoms with E-state index in [1.807, 2.05) is 19.0 Å². The lowest BCUT2D eigenvalue weighted by atomic mass is 9.94. The van der Waals surface area contributed by atoms with Crippen LogP contribution in [0.4, 0.5) is 0 Å². The molecule has 3 heteroatoms. The summed E-state index contributed by atoms with van der Waals surface area (Å²) < 4.78 is 5.27. The Kier molecular flexibility index (Phi) is 3.10. The zero-order chi connectivity index (χ0) is 10.8. The molecular weight excluding hydrogens is 190 g/mol. The SMILES string of the molecule is CN(C)CCOC(=O)[C@@H]1C[C@@H]2C=C[C@H]1C2. The number of hydrogen-bond donors (Lipinski definition) is 0. The smallest absolute Gasteiger partial charge is 0.309 e. The fourth-order valence-corrected chi connectivity index (χ4v) is 2.49. The normalized spacial score (nSPS) is 32.6. The number of likely N-dealkylation sites (N-methyl/N-ethyl adjacent to an activating group) is 1. The molecule has 3 atom stereocenters. The number of esters is 1. The van der Waals surface area contributed by atoms with Crippen LogP contribution in [0.5, 0.6) is 0 Å². The summed E-state index contributed by atoms with van der Waals surface area (Å²) in [6.07, 6.45) is 6.59. The van der Waals surface area contributed by atoms with E-state index >= 15 is 0 Å². The molecule has 0 amide bonds. The summed E-state index contributed by atoms with van der Waals surface area (Å²) in [5, 5.41) is 0. The second-order valence-corrected chi connectivity index (χ2v) is 4.86. The maximum atomic E-state index is 11.7. The van der Waals surface area contributed by atoms with E-state index in [0.29, 0.717) is 18.4 Å². The Hall–Kier alpha value is -0.830. The number of carbonyl (C=O) groups excluding carboxylic acids is 1. The summed E-state index contributed by atoms with van der Waals surface area (Å²) in [7, 11) is 3.96.